The Balaban J connectivity index is 3.17. The average molecular weight is 347 g/mol. The van der Waals surface area contributed by atoms with Gasteiger partial charge in [-0.1, -0.05) is 15.9 Å². The van der Waals surface area contributed by atoms with Crippen molar-refractivity contribution < 1.29 is 31.1 Å². The van der Waals surface area contributed by atoms with Crippen LogP contribution in [-0.2, 0) is 0 Å². The summed E-state index contributed by atoms with van der Waals surface area (Å²) in [5, 5.41) is 0. The monoisotopic (exact) mass is 346 g/mol. The second-order valence-electron chi connectivity index (χ2n) is 3.42. The highest BCUT2D eigenvalue weighted by molar-refractivity contribution is 9.10. The summed E-state index contributed by atoms with van der Waals surface area (Å²) in [5.41, 5.74) is -3.10. The first-order chi connectivity index (χ1) is 8.51. The molecule has 1 rings (SSSR count). The molecule has 0 atom stereocenters. The van der Waals surface area contributed by atoms with Crippen LogP contribution in [0.4, 0.5) is 26.3 Å². The highest BCUT2D eigenvalue weighted by Gasteiger charge is 2.51. The molecule has 8 heteroatoms. The smallest absolute Gasteiger partial charge is 0.289 e. The number of hydrogen-bond donors (Lipinski definition) is 0. The van der Waals surface area contributed by atoms with Crippen LogP contribution in [0.2, 0.25) is 0 Å². The number of rotatable bonds is 2. The Hall–Kier alpha value is -1.31. The summed E-state index contributed by atoms with van der Waals surface area (Å²) < 4.78 is 73.8. The van der Waals surface area contributed by atoms with E-state index < -0.39 is 29.8 Å². The highest BCUT2D eigenvalue weighted by atomic mass is 79.9. The maximum atomic E-state index is 12.2. The Bertz CT molecular complexity index is 481. The first-order valence-electron chi connectivity index (χ1n) is 4.68. The third kappa shape index (κ3) is 4.38. The number of hydrogen-bond acceptors (Lipinski definition) is 1. The maximum absolute atomic E-state index is 12.2. The lowest BCUT2D eigenvalue weighted by atomic mass is 10.1. The van der Waals surface area contributed by atoms with Gasteiger partial charge in [-0.3, -0.25) is 4.79 Å². The zero-order valence-corrected chi connectivity index (χ0v) is 10.5. The number of allylic oxidation sites excluding steroid dienone is 2. The number of halogens is 7. The largest absolute Gasteiger partial charge is 0.421 e. The molecule has 0 amide bonds. The second-order valence-corrected chi connectivity index (χ2v) is 4.34. The van der Waals surface area contributed by atoms with Crippen molar-refractivity contribution in [3.8, 4) is 0 Å². The lowest BCUT2D eigenvalue weighted by molar-refractivity contribution is -0.171. The number of ketones is 1. The van der Waals surface area contributed by atoms with Crippen LogP contribution in [0, 0.1) is 0 Å². The number of carbonyl (C=O) groups excluding carboxylic acids is 1. The van der Waals surface area contributed by atoms with E-state index in [2.05, 4.69) is 15.9 Å². The van der Waals surface area contributed by atoms with Crippen LogP contribution >= 0.6 is 15.9 Å². The minimum absolute atomic E-state index is 0.269. The molecular weight excluding hydrogens is 342 g/mol. The van der Waals surface area contributed by atoms with Gasteiger partial charge in [-0.05, 0) is 24.3 Å². The van der Waals surface area contributed by atoms with Crippen LogP contribution in [0.5, 0.6) is 0 Å². The molecule has 0 fully saturated rings. The highest BCUT2D eigenvalue weighted by Crippen LogP contribution is 2.38. The third-order valence-electron chi connectivity index (χ3n) is 2.01. The zero-order chi connectivity index (χ0) is 14.8. The van der Waals surface area contributed by atoms with Crippen molar-refractivity contribution in [2.45, 2.75) is 12.4 Å². The lowest BCUT2D eigenvalue weighted by Gasteiger charge is -2.14. The van der Waals surface area contributed by atoms with Crippen molar-refractivity contribution in [1.29, 1.82) is 0 Å². The van der Waals surface area contributed by atoms with Gasteiger partial charge in [0.1, 0.15) is 5.57 Å². The minimum Gasteiger partial charge on any atom is -0.289 e. The Morgan fingerprint density at radius 2 is 1.37 bits per heavy atom. The van der Waals surface area contributed by atoms with Gasteiger partial charge in [0.15, 0.2) is 5.78 Å². The summed E-state index contributed by atoms with van der Waals surface area (Å²) in [6.07, 6.45) is -11.7. The van der Waals surface area contributed by atoms with Crippen LogP contribution in [0.25, 0.3) is 0 Å². The third-order valence-corrected chi connectivity index (χ3v) is 2.54. The minimum atomic E-state index is -5.64. The van der Waals surface area contributed by atoms with Crippen LogP contribution in [0.3, 0.4) is 0 Å². The van der Waals surface area contributed by atoms with E-state index in [9.17, 15) is 31.1 Å². The van der Waals surface area contributed by atoms with Gasteiger partial charge in [0.05, 0.1) is 0 Å². The molecule has 0 aliphatic rings. The molecule has 0 bridgehead atoms. The Morgan fingerprint density at radius 3 is 1.74 bits per heavy atom. The van der Waals surface area contributed by atoms with Gasteiger partial charge in [-0.25, -0.2) is 0 Å². The van der Waals surface area contributed by atoms with Crippen LogP contribution in [-0.4, -0.2) is 18.1 Å². The number of alkyl halides is 6. The van der Waals surface area contributed by atoms with E-state index in [-0.39, 0.29) is 5.56 Å². The fraction of sp³-hybridized carbons (Fsp3) is 0.182. The first kappa shape index (κ1) is 15.7. The summed E-state index contributed by atoms with van der Waals surface area (Å²) in [6, 6.07) is 4.91. The zero-order valence-electron chi connectivity index (χ0n) is 8.94. The van der Waals surface area contributed by atoms with Crippen LogP contribution < -0.4 is 0 Å². The SMILES string of the molecule is O=C(C=C(C(F)(F)F)C(F)(F)F)c1ccc(Br)cc1. The van der Waals surface area contributed by atoms with Crippen molar-refractivity contribution in [2.24, 2.45) is 0 Å². The molecule has 1 aromatic rings. The molecule has 0 spiro atoms. The normalized spacial score (nSPS) is 12.2. The van der Waals surface area contributed by atoms with Crippen molar-refractivity contribution in [3.05, 3.63) is 46.0 Å². The first-order valence-corrected chi connectivity index (χ1v) is 5.47. The molecule has 1 nitrogen and oxygen atoms in total. The summed E-state index contributed by atoms with van der Waals surface area (Å²) in [4.78, 5) is 11.4. The van der Waals surface area contributed by atoms with Gasteiger partial charge < -0.3 is 0 Å². The van der Waals surface area contributed by atoms with E-state index in [1.807, 2.05) is 0 Å². The number of carbonyl (C=O) groups is 1. The molecule has 1 aromatic carbocycles. The standard InChI is InChI=1S/C11H5BrF6O/c12-7-3-1-6(2-4-7)8(19)5-9(10(13,14)15)11(16,17)18/h1-5H. The molecule has 0 unspecified atom stereocenters. The molecule has 0 saturated carbocycles. The molecule has 0 N–H and O–H groups in total. The van der Waals surface area contributed by atoms with E-state index in [0.717, 1.165) is 12.1 Å². The summed E-state index contributed by atoms with van der Waals surface area (Å²) >= 11 is 3.02. The van der Waals surface area contributed by atoms with Crippen molar-refractivity contribution in [3.63, 3.8) is 0 Å². The molecule has 0 radical (unpaired) electrons. The summed E-state index contributed by atoms with van der Waals surface area (Å²) in [5.74, 6) is -1.36. The second kappa shape index (κ2) is 5.36. The molecule has 0 aliphatic carbocycles. The van der Waals surface area contributed by atoms with E-state index in [4.69, 9.17) is 0 Å². The molecule has 0 heterocycles. The topological polar surface area (TPSA) is 17.1 Å². The molecule has 19 heavy (non-hydrogen) atoms. The predicted octanol–water partition coefficient (Wildman–Crippen LogP) is 4.68. The predicted molar refractivity (Wildman–Crippen MR) is 58.7 cm³/mol. The Labute approximate surface area is 112 Å². The van der Waals surface area contributed by atoms with Crippen LogP contribution in [0.1, 0.15) is 10.4 Å². The molecular formula is C11H5BrF6O. The maximum Gasteiger partial charge on any atom is 0.421 e. The Morgan fingerprint density at radius 1 is 0.947 bits per heavy atom. The molecule has 0 aliphatic heterocycles. The Kier molecular flexibility index (Phi) is 4.44. The van der Waals surface area contributed by atoms with E-state index in [1.54, 1.807) is 0 Å². The molecule has 104 valence electrons. The summed E-state index contributed by atoms with van der Waals surface area (Å²) in [7, 11) is 0. The van der Waals surface area contributed by atoms with Gasteiger partial charge in [-0.2, -0.15) is 26.3 Å². The molecule has 0 aromatic heterocycles. The van der Waals surface area contributed by atoms with Crippen molar-refractivity contribution in [2.75, 3.05) is 0 Å². The van der Waals surface area contributed by atoms with Gasteiger partial charge >= 0.3 is 12.4 Å². The van der Waals surface area contributed by atoms with Gasteiger partial charge in [-0.15, -0.1) is 0 Å². The van der Waals surface area contributed by atoms with E-state index in [1.165, 1.54) is 12.1 Å². The quantitative estimate of drug-likeness (QED) is 0.431. The van der Waals surface area contributed by atoms with Crippen LogP contribution in [0.15, 0.2) is 40.4 Å². The van der Waals surface area contributed by atoms with E-state index >= 15 is 0 Å². The number of benzene rings is 1. The lowest BCUT2D eigenvalue weighted by Crippen LogP contribution is -2.27. The van der Waals surface area contributed by atoms with Crippen molar-refractivity contribution >= 4 is 21.7 Å². The van der Waals surface area contributed by atoms with Gasteiger partial charge in [0, 0.05) is 16.1 Å². The fourth-order valence-electron chi connectivity index (χ4n) is 1.15. The van der Waals surface area contributed by atoms with E-state index in [0.29, 0.717) is 4.47 Å². The fourth-order valence-corrected chi connectivity index (χ4v) is 1.42. The molecule has 0 saturated heterocycles. The van der Waals surface area contributed by atoms with Gasteiger partial charge in [0.2, 0.25) is 0 Å². The van der Waals surface area contributed by atoms with Crippen molar-refractivity contribution in [1.82, 2.24) is 0 Å². The van der Waals surface area contributed by atoms with Gasteiger partial charge in [0.25, 0.3) is 0 Å². The average Bonchev–Trinajstić information content (AvgIpc) is 2.23. The summed E-state index contributed by atoms with van der Waals surface area (Å²) in [6.45, 7) is 0.